The lowest BCUT2D eigenvalue weighted by Gasteiger charge is -2.31. The Bertz CT molecular complexity index is 69.4. The van der Waals surface area contributed by atoms with Crippen LogP contribution in [0.25, 0.3) is 0 Å². The average molecular weight is 121 g/mol. The first-order chi connectivity index (χ1) is 4.09. The summed E-state index contributed by atoms with van der Waals surface area (Å²) in [5.41, 5.74) is 0. The van der Waals surface area contributed by atoms with Crippen molar-refractivity contribution in [1.29, 1.82) is 0 Å². The predicted molar refractivity (Wildman–Crippen MR) is 51.3 cm³/mol. The first kappa shape index (κ1) is 9.20. The molecule has 0 heterocycles. The number of nitrogens with zero attached hydrogens (tertiary/aromatic N) is 2. The zero-order valence-electron chi connectivity index (χ0n) is 6.88. The zero-order chi connectivity index (χ0) is 7.44. The first-order valence-electron chi connectivity index (χ1n) is 2.95. The van der Waals surface area contributed by atoms with Gasteiger partial charge in [0.25, 0.3) is 8.05 Å². The monoisotopic (exact) mass is 122 g/mol. The van der Waals surface area contributed by atoms with Gasteiger partial charge >= 0.3 is 0 Å². The molecule has 0 rings (SSSR count). The highest BCUT2D eigenvalue weighted by Crippen LogP contribution is 1.92. The first-order valence-corrected chi connectivity index (χ1v) is 2.95. The minimum Gasteiger partial charge on any atom is -0.421 e. The van der Waals surface area contributed by atoms with Crippen molar-refractivity contribution in [3.8, 4) is 0 Å². The van der Waals surface area contributed by atoms with Crippen molar-refractivity contribution in [2.24, 2.45) is 0 Å². The number of hydrogen-bond donors (Lipinski definition) is 0. The van der Waals surface area contributed by atoms with Crippen LogP contribution in [-0.4, -0.2) is 55.8 Å². The fourth-order valence-electron chi connectivity index (χ4n) is 0.884. The average Bonchev–Trinajstić information content (AvgIpc) is 1.64. The molecule has 0 spiro atoms. The van der Waals surface area contributed by atoms with Gasteiger partial charge in [-0.25, -0.2) is 0 Å². The molecule has 0 aliphatic carbocycles. The summed E-state index contributed by atoms with van der Waals surface area (Å²) in [5.74, 6) is 0. The molecule has 0 N–H and O–H groups in total. The van der Waals surface area contributed by atoms with Gasteiger partial charge in [-0.1, -0.05) is 0 Å². The summed E-state index contributed by atoms with van der Waals surface area (Å²) in [4.78, 5) is 0. The standard InChI is InChI=1S/CH11B5N2O/c2-7(3)1(9-6)8(4)5/h1H,2-6H2. The maximum atomic E-state index is 5.12. The largest absolute Gasteiger partial charge is 0.421 e. The highest BCUT2D eigenvalue weighted by atomic mass is 16.5. The van der Waals surface area contributed by atoms with Crippen LogP contribution in [0.15, 0.2) is 0 Å². The van der Waals surface area contributed by atoms with Crippen molar-refractivity contribution in [3.05, 3.63) is 0 Å². The Balaban J connectivity index is 3.68. The lowest BCUT2D eigenvalue weighted by molar-refractivity contribution is 0.0873. The molecule has 0 radical (unpaired) electrons. The van der Waals surface area contributed by atoms with E-state index in [1.54, 1.807) is 8.05 Å². The lowest BCUT2D eigenvalue weighted by atomic mass is 10.1. The summed E-state index contributed by atoms with van der Waals surface area (Å²) >= 11 is 0. The molecule has 3 nitrogen and oxygen atoms in total. The summed E-state index contributed by atoms with van der Waals surface area (Å²) in [7, 11) is 9.62. The van der Waals surface area contributed by atoms with Crippen LogP contribution in [0.1, 0.15) is 0 Å². The summed E-state index contributed by atoms with van der Waals surface area (Å²) in [5, 5.41) is 0. The van der Waals surface area contributed by atoms with Crippen molar-refractivity contribution in [2.45, 2.75) is 6.35 Å². The Kier molecular flexibility index (Phi) is 4.18. The minimum absolute atomic E-state index is 0.0880. The van der Waals surface area contributed by atoms with E-state index in [1.807, 2.05) is 41.4 Å². The van der Waals surface area contributed by atoms with Gasteiger partial charge in [-0.3, -0.25) is 0 Å². The molecule has 0 aliphatic heterocycles. The van der Waals surface area contributed by atoms with Gasteiger partial charge in [0.1, 0.15) is 6.35 Å². The van der Waals surface area contributed by atoms with Crippen LogP contribution in [0, 0.1) is 0 Å². The van der Waals surface area contributed by atoms with E-state index < -0.39 is 0 Å². The molecule has 8 heteroatoms. The van der Waals surface area contributed by atoms with Crippen molar-refractivity contribution < 1.29 is 4.65 Å². The van der Waals surface area contributed by atoms with Crippen LogP contribution in [0.2, 0.25) is 0 Å². The van der Waals surface area contributed by atoms with Crippen LogP contribution in [0.4, 0.5) is 0 Å². The molecule has 0 fully saturated rings. The van der Waals surface area contributed by atoms with Crippen molar-refractivity contribution in [1.82, 2.24) is 9.44 Å². The van der Waals surface area contributed by atoms with Gasteiger partial charge < -0.3 is 14.1 Å². The second-order valence-corrected chi connectivity index (χ2v) is 2.49. The molecule has 0 aromatic heterocycles. The third-order valence-corrected chi connectivity index (χ3v) is 1.09. The van der Waals surface area contributed by atoms with E-state index >= 15 is 0 Å². The Morgan fingerprint density at radius 1 is 1.00 bits per heavy atom. The van der Waals surface area contributed by atoms with E-state index in [0.29, 0.717) is 0 Å². The normalized spacial score (nSPS) is 11.4. The maximum Gasteiger partial charge on any atom is 0.260 e. The fourth-order valence-corrected chi connectivity index (χ4v) is 0.884. The molecule has 0 amide bonds. The van der Waals surface area contributed by atoms with E-state index in [-0.39, 0.29) is 6.35 Å². The van der Waals surface area contributed by atoms with E-state index in [1.165, 1.54) is 0 Å². The van der Waals surface area contributed by atoms with E-state index in [2.05, 4.69) is 0 Å². The second kappa shape index (κ2) is 4.09. The van der Waals surface area contributed by atoms with Gasteiger partial charge in [0.05, 0.1) is 0 Å². The van der Waals surface area contributed by atoms with E-state index in [0.717, 1.165) is 0 Å². The van der Waals surface area contributed by atoms with Gasteiger partial charge in [-0.15, -0.1) is 0 Å². The molecule has 0 aliphatic rings. The molecule has 0 aromatic carbocycles. The lowest BCUT2D eigenvalue weighted by Crippen LogP contribution is -2.45. The van der Waals surface area contributed by atoms with Crippen LogP contribution in [0.3, 0.4) is 0 Å². The molecule has 9 heavy (non-hydrogen) atoms. The van der Waals surface area contributed by atoms with Gasteiger partial charge in [0.2, 0.25) is 0 Å². The summed E-state index contributed by atoms with van der Waals surface area (Å²) in [6.07, 6.45) is 0.0880. The third-order valence-electron chi connectivity index (χ3n) is 1.09. The minimum atomic E-state index is 0.0880. The predicted octanol–water partition coefficient (Wildman–Crippen LogP) is -5.37. The zero-order valence-corrected chi connectivity index (χ0v) is 6.88. The molecule has 0 aromatic rings. The summed E-state index contributed by atoms with van der Waals surface area (Å²) in [6.45, 7) is 0. The second-order valence-electron chi connectivity index (χ2n) is 2.49. The van der Waals surface area contributed by atoms with Crippen LogP contribution in [0.5, 0.6) is 0 Å². The number of hydrogen-bond acceptors (Lipinski definition) is 3. The fraction of sp³-hybridized carbons (Fsp3) is 1.00. The molecule has 46 valence electrons. The maximum absolute atomic E-state index is 5.12. The summed E-state index contributed by atoms with van der Waals surface area (Å²) < 4.78 is 9.12. The Morgan fingerprint density at radius 2 is 1.33 bits per heavy atom. The highest BCUT2D eigenvalue weighted by molar-refractivity contribution is 6.28. The molecule has 0 saturated heterocycles. The quantitative estimate of drug-likeness (QED) is 0.274. The smallest absolute Gasteiger partial charge is 0.260 e. The molecule has 0 atom stereocenters. The van der Waals surface area contributed by atoms with Gasteiger partial charge in [0, 0.05) is 0 Å². The summed E-state index contributed by atoms with van der Waals surface area (Å²) in [6, 6.07) is 0. The molecular weight excluding hydrogens is 110 g/mol. The third kappa shape index (κ3) is 3.03. The van der Waals surface area contributed by atoms with Crippen molar-refractivity contribution in [3.63, 3.8) is 0 Å². The van der Waals surface area contributed by atoms with Crippen molar-refractivity contribution >= 4 is 40.0 Å². The van der Waals surface area contributed by atoms with Crippen LogP contribution < -0.4 is 0 Å². The molecule has 0 saturated carbocycles. The Hall–Kier alpha value is 0.205. The highest BCUT2D eigenvalue weighted by Gasteiger charge is 2.08. The molecule has 0 bridgehead atoms. The van der Waals surface area contributed by atoms with E-state index in [9.17, 15) is 0 Å². The molecule has 0 unspecified atom stereocenters. The topological polar surface area (TPSA) is 15.7 Å². The Morgan fingerprint density at radius 3 is 1.33 bits per heavy atom. The van der Waals surface area contributed by atoms with Gasteiger partial charge in [0.15, 0.2) is 31.9 Å². The number of rotatable bonds is 3. The Labute approximate surface area is 61.3 Å². The molecular formula is CH11B5N2O. The van der Waals surface area contributed by atoms with Crippen LogP contribution >= 0.6 is 0 Å². The van der Waals surface area contributed by atoms with E-state index in [4.69, 9.17) is 4.65 Å². The SMILES string of the molecule is BOC(N(B)B)N(B)B. The van der Waals surface area contributed by atoms with Gasteiger partial charge in [-0.2, -0.15) is 0 Å². The van der Waals surface area contributed by atoms with Crippen LogP contribution in [-0.2, 0) is 4.65 Å². The van der Waals surface area contributed by atoms with Crippen molar-refractivity contribution in [2.75, 3.05) is 0 Å². The van der Waals surface area contributed by atoms with Gasteiger partial charge in [-0.05, 0) is 0 Å².